The van der Waals surface area contributed by atoms with Gasteiger partial charge in [-0.3, -0.25) is 0 Å². The second kappa shape index (κ2) is 5.75. The van der Waals surface area contributed by atoms with Gasteiger partial charge in [0.2, 0.25) is 0 Å². The minimum Gasteiger partial charge on any atom is -0.444 e. The predicted molar refractivity (Wildman–Crippen MR) is 95.5 cm³/mol. The molecule has 0 atom stereocenters. The number of amides is 1. The number of hydrogen-bond acceptors (Lipinski definition) is 4. The van der Waals surface area contributed by atoms with Gasteiger partial charge >= 0.3 is 6.09 Å². The molecule has 0 aromatic carbocycles. The molecule has 7 nitrogen and oxygen atoms in total. The normalized spacial score (nSPS) is 16.7. The molecule has 3 aromatic rings. The lowest BCUT2D eigenvalue weighted by molar-refractivity contribution is 0.0203. The number of ether oxygens (including phenoxy) is 1. The number of aromatic nitrogens is 4. The summed E-state index contributed by atoms with van der Waals surface area (Å²) in [7, 11) is 0. The summed E-state index contributed by atoms with van der Waals surface area (Å²) < 4.78 is 5.46. The van der Waals surface area contributed by atoms with Crippen LogP contribution in [0.3, 0.4) is 0 Å². The molecular weight excluding hydrogens is 318 g/mol. The van der Waals surface area contributed by atoms with Gasteiger partial charge in [0.25, 0.3) is 0 Å². The van der Waals surface area contributed by atoms with E-state index in [0.717, 1.165) is 40.7 Å². The number of aromatic amines is 2. The van der Waals surface area contributed by atoms with Crippen molar-refractivity contribution in [1.29, 1.82) is 0 Å². The topological polar surface area (TPSA) is 86.9 Å². The third-order valence-electron chi connectivity index (χ3n) is 4.59. The molecule has 1 saturated heterocycles. The van der Waals surface area contributed by atoms with E-state index in [1.807, 2.05) is 39.2 Å². The summed E-state index contributed by atoms with van der Waals surface area (Å²) in [5.74, 6) is 1.30. The van der Waals surface area contributed by atoms with Crippen molar-refractivity contribution in [1.82, 2.24) is 24.8 Å². The Labute approximate surface area is 145 Å². The summed E-state index contributed by atoms with van der Waals surface area (Å²) in [5, 5.41) is 1.03. The van der Waals surface area contributed by atoms with Gasteiger partial charge in [-0.1, -0.05) is 0 Å². The van der Waals surface area contributed by atoms with Gasteiger partial charge in [0.15, 0.2) is 0 Å². The van der Waals surface area contributed by atoms with Gasteiger partial charge in [0.1, 0.15) is 22.6 Å². The first-order chi connectivity index (χ1) is 11.9. The molecule has 0 bridgehead atoms. The van der Waals surface area contributed by atoms with Crippen LogP contribution in [0, 0.1) is 0 Å². The Balaban J connectivity index is 1.49. The molecule has 0 aliphatic carbocycles. The molecule has 0 spiro atoms. The van der Waals surface area contributed by atoms with E-state index in [1.165, 1.54) is 0 Å². The average Bonchev–Trinajstić information content (AvgIpc) is 3.19. The van der Waals surface area contributed by atoms with Gasteiger partial charge in [0, 0.05) is 30.6 Å². The summed E-state index contributed by atoms with van der Waals surface area (Å²) in [5.41, 5.74) is 2.31. The highest BCUT2D eigenvalue weighted by Gasteiger charge is 2.28. The Morgan fingerprint density at radius 2 is 2.08 bits per heavy atom. The molecule has 132 valence electrons. The Kier molecular flexibility index (Phi) is 3.67. The molecule has 1 fully saturated rings. The highest BCUT2D eigenvalue weighted by Crippen LogP contribution is 2.30. The monoisotopic (exact) mass is 341 g/mol. The predicted octanol–water partition coefficient (Wildman–Crippen LogP) is 3.55. The van der Waals surface area contributed by atoms with Crippen LogP contribution in [0.4, 0.5) is 4.79 Å². The number of carbonyl (C=O) groups excluding carboxylic acids is 1. The number of fused-ring (bicyclic) bond motifs is 3. The first-order valence-corrected chi connectivity index (χ1v) is 8.70. The van der Waals surface area contributed by atoms with Crippen molar-refractivity contribution in [3.8, 4) is 0 Å². The van der Waals surface area contributed by atoms with Gasteiger partial charge in [0.05, 0.1) is 11.7 Å². The van der Waals surface area contributed by atoms with Crippen LogP contribution >= 0.6 is 0 Å². The van der Waals surface area contributed by atoms with Crippen molar-refractivity contribution >= 4 is 28.2 Å². The van der Waals surface area contributed by atoms with Crippen LogP contribution < -0.4 is 0 Å². The number of nitrogens with one attached hydrogen (secondary N) is 2. The lowest BCUT2D eigenvalue weighted by atomic mass is 9.96. The molecule has 7 heteroatoms. The van der Waals surface area contributed by atoms with E-state index in [1.54, 1.807) is 4.90 Å². The molecule has 4 rings (SSSR count). The van der Waals surface area contributed by atoms with Crippen molar-refractivity contribution in [2.24, 2.45) is 0 Å². The van der Waals surface area contributed by atoms with Gasteiger partial charge in [-0.25, -0.2) is 14.8 Å². The zero-order valence-electron chi connectivity index (χ0n) is 14.8. The maximum absolute atomic E-state index is 12.2. The number of piperidine rings is 1. The molecule has 0 radical (unpaired) electrons. The van der Waals surface area contributed by atoms with Crippen LogP contribution in [0.5, 0.6) is 0 Å². The quantitative estimate of drug-likeness (QED) is 0.708. The molecule has 4 heterocycles. The highest BCUT2D eigenvalue weighted by molar-refractivity contribution is 6.00. The molecule has 2 N–H and O–H groups in total. The summed E-state index contributed by atoms with van der Waals surface area (Å²) in [4.78, 5) is 29.7. The SMILES string of the molecule is CC(C)(C)OC(=O)N1CCC(c2nc3c(cnc4[nH]ccc43)[nH]2)CC1. The second-order valence-electron chi connectivity index (χ2n) is 7.62. The zero-order valence-corrected chi connectivity index (χ0v) is 14.8. The number of carbonyl (C=O) groups is 1. The van der Waals surface area contributed by atoms with Crippen molar-refractivity contribution in [3.63, 3.8) is 0 Å². The van der Waals surface area contributed by atoms with Gasteiger partial charge in [-0.2, -0.15) is 0 Å². The van der Waals surface area contributed by atoms with Crippen molar-refractivity contribution in [2.45, 2.75) is 45.1 Å². The minimum atomic E-state index is -0.457. The van der Waals surface area contributed by atoms with Crippen molar-refractivity contribution in [3.05, 3.63) is 24.3 Å². The zero-order chi connectivity index (χ0) is 17.6. The standard InChI is InChI=1S/C18H23N5O2/c1-18(2,3)25-17(24)23-8-5-11(6-9-23)15-21-13-10-20-16-12(4-7-19-16)14(13)22-15/h4,7,10-11H,5-6,8-9H2,1-3H3,(H,19,20)(H,21,22). The van der Waals surface area contributed by atoms with Gasteiger partial charge < -0.3 is 19.6 Å². The van der Waals surface area contributed by atoms with E-state index >= 15 is 0 Å². The van der Waals surface area contributed by atoms with Gasteiger partial charge in [-0.15, -0.1) is 0 Å². The van der Waals surface area contributed by atoms with Crippen LogP contribution in [-0.4, -0.2) is 49.6 Å². The largest absolute Gasteiger partial charge is 0.444 e. The lowest BCUT2D eigenvalue weighted by Gasteiger charge is -2.32. The molecule has 1 amide bonds. The number of likely N-dealkylation sites (tertiary alicyclic amines) is 1. The van der Waals surface area contributed by atoms with Crippen molar-refractivity contribution in [2.75, 3.05) is 13.1 Å². The number of H-pyrrole nitrogens is 2. The number of pyridine rings is 1. The Hall–Kier alpha value is -2.57. The van der Waals surface area contributed by atoms with Crippen molar-refractivity contribution < 1.29 is 9.53 Å². The van der Waals surface area contributed by atoms with E-state index in [0.29, 0.717) is 19.0 Å². The Morgan fingerprint density at radius 3 is 2.80 bits per heavy atom. The van der Waals surface area contributed by atoms with Crippen LogP contribution in [0.1, 0.15) is 45.4 Å². The summed E-state index contributed by atoms with van der Waals surface area (Å²) in [6.07, 6.45) is 5.23. The van der Waals surface area contributed by atoms with Crippen LogP contribution in [-0.2, 0) is 4.74 Å². The van der Waals surface area contributed by atoms with Crippen LogP contribution in [0.2, 0.25) is 0 Å². The maximum atomic E-state index is 12.2. The van der Waals surface area contributed by atoms with Gasteiger partial charge in [-0.05, 0) is 39.7 Å². The molecule has 0 saturated carbocycles. The third-order valence-corrected chi connectivity index (χ3v) is 4.59. The smallest absolute Gasteiger partial charge is 0.410 e. The second-order valence-corrected chi connectivity index (χ2v) is 7.62. The fraction of sp³-hybridized carbons (Fsp3) is 0.500. The van der Waals surface area contributed by atoms with E-state index in [4.69, 9.17) is 9.72 Å². The number of hydrogen-bond donors (Lipinski definition) is 2. The molecule has 0 unspecified atom stereocenters. The third kappa shape index (κ3) is 3.06. The van der Waals surface area contributed by atoms with E-state index in [-0.39, 0.29) is 6.09 Å². The lowest BCUT2D eigenvalue weighted by Crippen LogP contribution is -2.41. The average molecular weight is 341 g/mol. The van der Waals surface area contributed by atoms with Crippen LogP contribution in [0.25, 0.3) is 22.1 Å². The number of rotatable bonds is 1. The van der Waals surface area contributed by atoms with E-state index in [2.05, 4.69) is 15.0 Å². The molecular formula is C18H23N5O2. The maximum Gasteiger partial charge on any atom is 0.410 e. The first kappa shape index (κ1) is 15.9. The summed E-state index contributed by atoms with van der Waals surface area (Å²) in [6.45, 7) is 7.05. The molecule has 1 aliphatic rings. The van der Waals surface area contributed by atoms with Crippen LogP contribution in [0.15, 0.2) is 18.5 Å². The summed E-state index contributed by atoms with van der Waals surface area (Å²) >= 11 is 0. The Morgan fingerprint density at radius 1 is 1.32 bits per heavy atom. The fourth-order valence-corrected chi connectivity index (χ4v) is 3.35. The number of nitrogens with zero attached hydrogens (tertiary/aromatic N) is 3. The Bertz CT molecular complexity index is 912. The molecule has 1 aliphatic heterocycles. The number of imidazole rings is 1. The van der Waals surface area contributed by atoms with E-state index < -0.39 is 5.60 Å². The fourth-order valence-electron chi connectivity index (χ4n) is 3.35. The first-order valence-electron chi connectivity index (χ1n) is 8.70. The molecule has 25 heavy (non-hydrogen) atoms. The summed E-state index contributed by atoms with van der Waals surface area (Å²) in [6, 6.07) is 2.00. The molecule has 3 aromatic heterocycles. The highest BCUT2D eigenvalue weighted by atomic mass is 16.6. The van der Waals surface area contributed by atoms with E-state index in [9.17, 15) is 4.79 Å². The minimum absolute atomic E-state index is 0.228.